The minimum Gasteiger partial charge on any atom is -0.348 e. The number of aromatic amines is 1. The first-order valence-electron chi connectivity index (χ1n) is 5.08. The average Bonchev–Trinajstić information content (AvgIpc) is 2.84. The highest BCUT2D eigenvalue weighted by molar-refractivity contribution is 6.36. The van der Waals surface area contributed by atoms with Crippen LogP contribution < -0.4 is 5.32 Å². The lowest BCUT2D eigenvalue weighted by Crippen LogP contribution is -2.25. The molecule has 0 saturated heterocycles. The van der Waals surface area contributed by atoms with Crippen molar-refractivity contribution in [2.75, 3.05) is 0 Å². The number of carbonyl (C=O) groups is 1. The van der Waals surface area contributed by atoms with Crippen molar-refractivity contribution in [2.45, 2.75) is 13.0 Å². The van der Waals surface area contributed by atoms with Gasteiger partial charge in [-0.05, 0) is 17.7 Å². The normalized spacial score (nSPS) is 10.3. The van der Waals surface area contributed by atoms with Gasteiger partial charge in [-0.3, -0.25) is 4.79 Å². The van der Waals surface area contributed by atoms with E-state index in [0.29, 0.717) is 21.4 Å². The first-order chi connectivity index (χ1) is 8.66. The zero-order valence-electron chi connectivity index (χ0n) is 9.15. The summed E-state index contributed by atoms with van der Waals surface area (Å²) in [6.45, 7) is 0.206. The number of carbonyl (C=O) groups excluding carboxylic acids is 1. The second-order valence-electron chi connectivity index (χ2n) is 3.48. The Morgan fingerprint density at radius 2 is 2.06 bits per heavy atom. The number of hydrogen-bond donors (Lipinski definition) is 2. The topological polar surface area (TPSA) is 83.6 Å². The molecule has 1 amide bonds. The van der Waals surface area contributed by atoms with E-state index >= 15 is 0 Å². The number of halogens is 2. The smallest absolute Gasteiger partial charge is 0.224 e. The standard InChI is InChI=1S/C10H9Cl2N5O/c11-7-2-1-3-8(12)6(7)4-10(18)13-5-9-14-16-17-15-9/h1-3H,4-5H2,(H,13,18)(H,14,15,16,17). The second-order valence-corrected chi connectivity index (χ2v) is 4.30. The van der Waals surface area contributed by atoms with Crippen molar-refractivity contribution in [3.63, 3.8) is 0 Å². The lowest BCUT2D eigenvalue weighted by atomic mass is 10.1. The van der Waals surface area contributed by atoms with E-state index in [1.165, 1.54) is 0 Å². The first kappa shape index (κ1) is 12.8. The molecule has 0 atom stereocenters. The van der Waals surface area contributed by atoms with Crippen molar-refractivity contribution in [1.82, 2.24) is 25.9 Å². The SMILES string of the molecule is O=C(Cc1c(Cl)cccc1Cl)NCc1nn[nH]n1. The van der Waals surface area contributed by atoms with E-state index in [9.17, 15) is 4.79 Å². The van der Waals surface area contributed by atoms with Crippen LogP contribution in [0.5, 0.6) is 0 Å². The molecule has 0 radical (unpaired) electrons. The van der Waals surface area contributed by atoms with Gasteiger partial charge in [0, 0.05) is 10.0 Å². The largest absolute Gasteiger partial charge is 0.348 e. The minimum absolute atomic E-state index is 0.107. The monoisotopic (exact) mass is 285 g/mol. The summed E-state index contributed by atoms with van der Waals surface area (Å²) in [6, 6.07) is 5.11. The van der Waals surface area contributed by atoms with Gasteiger partial charge >= 0.3 is 0 Å². The van der Waals surface area contributed by atoms with Crippen molar-refractivity contribution in [3.8, 4) is 0 Å². The fourth-order valence-electron chi connectivity index (χ4n) is 1.36. The Balaban J connectivity index is 1.95. The summed E-state index contributed by atoms with van der Waals surface area (Å²) in [5, 5.41) is 16.7. The number of H-pyrrole nitrogens is 1. The Morgan fingerprint density at radius 3 is 2.67 bits per heavy atom. The van der Waals surface area contributed by atoms with Crippen molar-refractivity contribution in [3.05, 3.63) is 39.6 Å². The molecule has 2 rings (SSSR count). The number of amides is 1. The lowest BCUT2D eigenvalue weighted by molar-refractivity contribution is -0.120. The van der Waals surface area contributed by atoms with E-state index in [1.54, 1.807) is 18.2 Å². The van der Waals surface area contributed by atoms with Crippen LogP contribution in [0.3, 0.4) is 0 Å². The summed E-state index contributed by atoms with van der Waals surface area (Å²) in [5.74, 6) is 0.198. The molecule has 6 nitrogen and oxygen atoms in total. The zero-order chi connectivity index (χ0) is 13.0. The maximum absolute atomic E-state index is 11.7. The third kappa shape index (κ3) is 3.18. The minimum atomic E-state index is -0.213. The summed E-state index contributed by atoms with van der Waals surface area (Å²) in [6.07, 6.45) is 0.107. The number of tetrazole rings is 1. The predicted octanol–water partition coefficient (Wildman–Crippen LogP) is 1.37. The summed E-state index contributed by atoms with van der Waals surface area (Å²) in [5.41, 5.74) is 0.603. The molecule has 0 aliphatic heterocycles. The number of nitrogens with one attached hydrogen (secondary N) is 2. The highest BCUT2D eigenvalue weighted by atomic mass is 35.5. The van der Waals surface area contributed by atoms with Gasteiger partial charge in [-0.15, -0.1) is 10.2 Å². The maximum atomic E-state index is 11.7. The molecule has 2 N–H and O–H groups in total. The molecule has 94 valence electrons. The fourth-order valence-corrected chi connectivity index (χ4v) is 1.89. The van der Waals surface area contributed by atoms with Gasteiger partial charge in [0.05, 0.1) is 13.0 Å². The van der Waals surface area contributed by atoms with Crippen LogP contribution >= 0.6 is 23.2 Å². The Bertz CT molecular complexity index is 523. The van der Waals surface area contributed by atoms with Crippen LogP contribution in [0, 0.1) is 0 Å². The molecule has 0 saturated carbocycles. The highest BCUT2D eigenvalue weighted by Crippen LogP contribution is 2.24. The first-order valence-corrected chi connectivity index (χ1v) is 5.84. The molecule has 2 aromatic rings. The number of benzene rings is 1. The highest BCUT2D eigenvalue weighted by Gasteiger charge is 2.11. The van der Waals surface area contributed by atoms with Gasteiger partial charge in [0.2, 0.25) is 5.91 Å². The third-order valence-electron chi connectivity index (χ3n) is 2.23. The van der Waals surface area contributed by atoms with Crippen LogP contribution in [-0.2, 0) is 17.8 Å². The number of rotatable bonds is 4. The van der Waals surface area contributed by atoms with Gasteiger partial charge in [-0.2, -0.15) is 5.21 Å². The van der Waals surface area contributed by atoms with Gasteiger partial charge < -0.3 is 5.32 Å². The lowest BCUT2D eigenvalue weighted by Gasteiger charge is -2.06. The van der Waals surface area contributed by atoms with Gasteiger partial charge in [-0.1, -0.05) is 34.5 Å². The molecule has 0 unspecified atom stereocenters. The van der Waals surface area contributed by atoms with E-state index in [4.69, 9.17) is 23.2 Å². The summed E-state index contributed by atoms with van der Waals surface area (Å²) >= 11 is 11.9. The predicted molar refractivity (Wildman–Crippen MR) is 66.2 cm³/mol. The van der Waals surface area contributed by atoms with E-state index in [2.05, 4.69) is 25.9 Å². The Hall–Kier alpha value is -1.66. The summed E-state index contributed by atoms with van der Waals surface area (Å²) in [4.78, 5) is 11.7. The molecule has 18 heavy (non-hydrogen) atoms. The van der Waals surface area contributed by atoms with Crippen LogP contribution in [0.4, 0.5) is 0 Å². The maximum Gasteiger partial charge on any atom is 0.224 e. The Kier molecular flexibility index (Phi) is 4.11. The van der Waals surface area contributed by atoms with E-state index < -0.39 is 0 Å². The average molecular weight is 286 g/mol. The molecule has 1 aromatic carbocycles. The second kappa shape index (κ2) is 5.79. The van der Waals surface area contributed by atoms with E-state index in [1.807, 2.05) is 0 Å². The van der Waals surface area contributed by atoms with Crippen LogP contribution in [0.2, 0.25) is 10.0 Å². The van der Waals surface area contributed by atoms with E-state index in [0.717, 1.165) is 0 Å². The molecular formula is C10H9Cl2N5O. The summed E-state index contributed by atoms with van der Waals surface area (Å²) < 4.78 is 0. The van der Waals surface area contributed by atoms with Crippen LogP contribution in [0.25, 0.3) is 0 Å². The van der Waals surface area contributed by atoms with Gasteiger partial charge in [-0.25, -0.2) is 0 Å². The fraction of sp³-hybridized carbons (Fsp3) is 0.200. The molecule has 0 spiro atoms. The van der Waals surface area contributed by atoms with Crippen molar-refractivity contribution < 1.29 is 4.79 Å². The van der Waals surface area contributed by atoms with Gasteiger partial charge in [0.25, 0.3) is 0 Å². The molecule has 1 heterocycles. The van der Waals surface area contributed by atoms with Crippen molar-refractivity contribution in [1.29, 1.82) is 0 Å². The van der Waals surface area contributed by atoms with Crippen LogP contribution in [0.1, 0.15) is 11.4 Å². The van der Waals surface area contributed by atoms with E-state index in [-0.39, 0.29) is 18.9 Å². The quantitative estimate of drug-likeness (QED) is 0.889. The van der Waals surface area contributed by atoms with Crippen LogP contribution in [0.15, 0.2) is 18.2 Å². The van der Waals surface area contributed by atoms with Crippen molar-refractivity contribution >= 4 is 29.1 Å². The molecule has 0 aliphatic carbocycles. The molecular weight excluding hydrogens is 277 g/mol. The molecule has 0 fully saturated rings. The molecule has 8 heteroatoms. The van der Waals surface area contributed by atoms with Gasteiger partial charge in [0.1, 0.15) is 0 Å². The number of aromatic nitrogens is 4. The van der Waals surface area contributed by atoms with Crippen molar-refractivity contribution in [2.24, 2.45) is 0 Å². The zero-order valence-corrected chi connectivity index (χ0v) is 10.7. The number of nitrogens with zero attached hydrogens (tertiary/aromatic N) is 3. The number of hydrogen-bond acceptors (Lipinski definition) is 4. The summed E-state index contributed by atoms with van der Waals surface area (Å²) in [7, 11) is 0. The molecule has 0 aliphatic rings. The van der Waals surface area contributed by atoms with Gasteiger partial charge in [0.15, 0.2) is 5.82 Å². The molecule has 1 aromatic heterocycles. The Labute approximate surface area is 113 Å². The third-order valence-corrected chi connectivity index (χ3v) is 2.94. The molecule has 0 bridgehead atoms. The van der Waals surface area contributed by atoms with Crippen LogP contribution in [-0.4, -0.2) is 26.5 Å². The Morgan fingerprint density at radius 1 is 1.33 bits per heavy atom.